The van der Waals surface area contributed by atoms with Crippen LogP contribution in [0.2, 0.25) is 0 Å². The van der Waals surface area contributed by atoms with Gasteiger partial charge in [-0.25, -0.2) is 4.98 Å². The van der Waals surface area contributed by atoms with Gasteiger partial charge in [0, 0.05) is 42.6 Å². The summed E-state index contributed by atoms with van der Waals surface area (Å²) in [6.07, 6.45) is 4.77. The van der Waals surface area contributed by atoms with Gasteiger partial charge in [-0.3, -0.25) is 0 Å². The van der Waals surface area contributed by atoms with Gasteiger partial charge in [0.1, 0.15) is 5.82 Å². The Morgan fingerprint density at radius 1 is 1.38 bits per heavy atom. The third-order valence-corrected chi connectivity index (χ3v) is 2.95. The Kier molecular flexibility index (Phi) is 3.62. The van der Waals surface area contributed by atoms with Crippen LogP contribution in [0.5, 0.6) is 0 Å². The van der Waals surface area contributed by atoms with Gasteiger partial charge < -0.3 is 9.88 Å². The summed E-state index contributed by atoms with van der Waals surface area (Å²) in [5.74, 6) is 0.995. The Morgan fingerprint density at radius 2 is 2.25 bits per heavy atom. The molecule has 0 atom stereocenters. The van der Waals surface area contributed by atoms with Crippen molar-refractivity contribution in [3.8, 4) is 0 Å². The largest absolute Gasteiger partial charge is 0.365 e. The number of hydrogen-bond acceptors (Lipinski definition) is 2. The number of hydrogen-bond donors (Lipinski definition) is 1. The molecule has 0 fully saturated rings. The molecule has 0 amide bonds. The van der Waals surface area contributed by atoms with E-state index < -0.39 is 0 Å². The number of halogens is 1. The molecule has 2 aromatic heterocycles. The predicted octanol–water partition coefficient (Wildman–Crippen LogP) is 2.85. The molecular weight excluding hydrogens is 266 g/mol. The highest BCUT2D eigenvalue weighted by molar-refractivity contribution is 9.10. The molecule has 0 saturated carbocycles. The monoisotopic (exact) mass is 279 g/mol. The maximum Gasteiger partial charge on any atom is 0.128 e. The molecular formula is C12H14BrN3. The molecule has 4 heteroatoms. The molecule has 0 aromatic carbocycles. The van der Waals surface area contributed by atoms with E-state index in [2.05, 4.69) is 43.9 Å². The van der Waals surface area contributed by atoms with E-state index in [0.717, 1.165) is 23.3 Å². The maximum atomic E-state index is 4.35. The number of aromatic nitrogens is 2. The lowest BCUT2D eigenvalue weighted by Gasteiger charge is -2.17. The lowest BCUT2D eigenvalue weighted by Crippen LogP contribution is -2.21. The molecule has 0 unspecified atom stereocenters. The average Bonchev–Trinajstić information content (AvgIpc) is 2.80. The van der Waals surface area contributed by atoms with Gasteiger partial charge in [0.25, 0.3) is 0 Å². The van der Waals surface area contributed by atoms with Crippen LogP contribution in [0.15, 0.2) is 41.1 Å². The lowest BCUT2D eigenvalue weighted by atomic mass is 10.3. The number of likely N-dealkylation sites (N-methyl/N-ethyl adjacent to an activating group) is 1. The molecule has 0 aliphatic heterocycles. The Balaban J connectivity index is 1.93. The Labute approximate surface area is 104 Å². The van der Waals surface area contributed by atoms with E-state index >= 15 is 0 Å². The fourth-order valence-electron chi connectivity index (χ4n) is 1.52. The van der Waals surface area contributed by atoms with Gasteiger partial charge in [-0.05, 0) is 40.2 Å². The first kappa shape index (κ1) is 11.2. The smallest absolute Gasteiger partial charge is 0.128 e. The predicted molar refractivity (Wildman–Crippen MR) is 69.7 cm³/mol. The summed E-state index contributed by atoms with van der Waals surface area (Å²) < 4.78 is 1.01. The number of nitrogens with one attached hydrogen (secondary N) is 1. The van der Waals surface area contributed by atoms with Gasteiger partial charge in [0.05, 0.1) is 0 Å². The number of rotatable bonds is 4. The number of anilines is 1. The normalized spacial score (nSPS) is 10.4. The van der Waals surface area contributed by atoms with E-state index in [1.807, 2.05) is 30.6 Å². The van der Waals surface area contributed by atoms with Gasteiger partial charge in [-0.1, -0.05) is 0 Å². The highest BCUT2D eigenvalue weighted by Gasteiger charge is 2.02. The van der Waals surface area contributed by atoms with Crippen LogP contribution in [0, 0.1) is 0 Å². The van der Waals surface area contributed by atoms with Crippen molar-refractivity contribution in [1.82, 2.24) is 9.97 Å². The molecule has 2 rings (SSSR count). The van der Waals surface area contributed by atoms with Crippen LogP contribution in [0.25, 0.3) is 0 Å². The Hall–Kier alpha value is -1.29. The molecule has 3 nitrogen and oxygen atoms in total. The molecule has 0 aliphatic rings. The topological polar surface area (TPSA) is 31.9 Å². The van der Waals surface area contributed by atoms with E-state index in [0.29, 0.717) is 0 Å². The van der Waals surface area contributed by atoms with E-state index in [-0.39, 0.29) is 0 Å². The summed E-state index contributed by atoms with van der Waals surface area (Å²) in [7, 11) is 2.05. The van der Waals surface area contributed by atoms with E-state index in [1.165, 1.54) is 5.69 Å². The summed E-state index contributed by atoms with van der Waals surface area (Å²) in [6.45, 7) is 0.954. The lowest BCUT2D eigenvalue weighted by molar-refractivity contribution is 0.844. The molecule has 1 N–H and O–H groups in total. The minimum Gasteiger partial charge on any atom is -0.365 e. The highest BCUT2D eigenvalue weighted by Crippen LogP contribution is 2.13. The van der Waals surface area contributed by atoms with Crippen molar-refractivity contribution in [2.24, 2.45) is 0 Å². The first-order chi connectivity index (χ1) is 7.75. The summed E-state index contributed by atoms with van der Waals surface area (Å²) in [5, 5.41) is 0. The fourth-order valence-corrected chi connectivity index (χ4v) is 1.75. The molecule has 0 aliphatic carbocycles. The zero-order valence-electron chi connectivity index (χ0n) is 9.15. The Morgan fingerprint density at radius 3 is 2.88 bits per heavy atom. The molecule has 2 heterocycles. The zero-order valence-corrected chi connectivity index (χ0v) is 10.7. The standard InChI is InChI=1S/C12H14BrN3/c1-16(8-6-11-3-2-7-14-11)12-5-4-10(13)9-15-12/h2-5,7,9,14H,6,8H2,1H3. The van der Waals surface area contributed by atoms with Gasteiger partial charge in [-0.15, -0.1) is 0 Å². The zero-order chi connectivity index (χ0) is 11.4. The number of pyridine rings is 1. The molecule has 16 heavy (non-hydrogen) atoms. The summed E-state index contributed by atoms with van der Waals surface area (Å²) in [5.41, 5.74) is 1.25. The van der Waals surface area contributed by atoms with Gasteiger partial charge >= 0.3 is 0 Å². The van der Waals surface area contributed by atoms with Crippen LogP contribution in [-0.2, 0) is 6.42 Å². The molecule has 0 bridgehead atoms. The van der Waals surface area contributed by atoms with Gasteiger partial charge in [-0.2, -0.15) is 0 Å². The number of nitrogens with zero attached hydrogens (tertiary/aromatic N) is 2. The van der Waals surface area contributed by atoms with E-state index in [4.69, 9.17) is 0 Å². The van der Waals surface area contributed by atoms with E-state index in [9.17, 15) is 0 Å². The van der Waals surface area contributed by atoms with Crippen molar-refractivity contribution >= 4 is 21.7 Å². The Bertz CT molecular complexity index is 422. The van der Waals surface area contributed by atoms with Crippen LogP contribution in [0.1, 0.15) is 5.69 Å². The molecule has 2 aromatic rings. The molecule has 0 spiro atoms. The highest BCUT2D eigenvalue weighted by atomic mass is 79.9. The third-order valence-electron chi connectivity index (χ3n) is 2.48. The number of aromatic amines is 1. The van der Waals surface area contributed by atoms with Crippen molar-refractivity contribution in [3.05, 3.63) is 46.8 Å². The van der Waals surface area contributed by atoms with Crippen LogP contribution in [-0.4, -0.2) is 23.6 Å². The maximum absolute atomic E-state index is 4.35. The summed E-state index contributed by atoms with van der Waals surface area (Å²) >= 11 is 3.38. The molecule has 84 valence electrons. The SMILES string of the molecule is CN(CCc1ccc[nH]1)c1ccc(Br)cn1. The van der Waals surface area contributed by atoms with Crippen molar-refractivity contribution < 1.29 is 0 Å². The molecule has 0 radical (unpaired) electrons. The minimum atomic E-state index is 0.954. The quantitative estimate of drug-likeness (QED) is 0.933. The van der Waals surface area contributed by atoms with Crippen molar-refractivity contribution in [1.29, 1.82) is 0 Å². The second-order valence-electron chi connectivity index (χ2n) is 3.70. The average molecular weight is 280 g/mol. The summed E-state index contributed by atoms with van der Waals surface area (Å²) in [4.78, 5) is 9.69. The van der Waals surface area contributed by atoms with E-state index in [1.54, 1.807) is 0 Å². The second-order valence-corrected chi connectivity index (χ2v) is 4.62. The van der Waals surface area contributed by atoms with Crippen LogP contribution in [0.4, 0.5) is 5.82 Å². The van der Waals surface area contributed by atoms with Gasteiger partial charge in [0.15, 0.2) is 0 Å². The van der Waals surface area contributed by atoms with Crippen molar-refractivity contribution in [3.63, 3.8) is 0 Å². The first-order valence-corrected chi connectivity index (χ1v) is 6.00. The minimum absolute atomic E-state index is 0.954. The van der Waals surface area contributed by atoms with Crippen LogP contribution in [0.3, 0.4) is 0 Å². The van der Waals surface area contributed by atoms with Crippen LogP contribution < -0.4 is 4.90 Å². The van der Waals surface area contributed by atoms with Crippen molar-refractivity contribution in [2.45, 2.75) is 6.42 Å². The molecule has 0 saturated heterocycles. The third kappa shape index (κ3) is 2.85. The van der Waals surface area contributed by atoms with Crippen LogP contribution >= 0.6 is 15.9 Å². The first-order valence-electron chi connectivity index (χ1n) is 5.20. The summed E-state index contributed by atoms with van der Waals surface area (Å²) in [6, 6.07) is 8.14. The van der Waals surface area contributed by atoms with Crippen molar-refractivity contribution in [2.75, 3.05) is 18.5 Å². The second kappa shape index (κ2) is 5.16. The fraction of sp³-hybridized carbons (Fsp3) is 0.250. The number of H-pyrrole nitrogens is 1. The van der Waals surface area contributed by atoms with Gasteiger partial charge in [0.2, 0.25) is 0 Å².